The molecule has 158 valence electrons. The lowest BCUT2D eigenvalue weighted by atomic mass is 10.1. The van der Waals surface area contributed by atoms with Gasteiger partial charge in [0.2, 0.25) is 5.91 Å². The van der Waals surface area contributed by atoms with Crippen LogP contribution in [0.15, 0.2) is 36.5 Å². The van der Waals surface area contributed by atoms with Gasteiger partial charge in [-0.25, -0.2) is 4.68 Å². The van der Waals surface area contributed by atoms with Crippen molar-refractivity contribution in [1.29, 1.82) is 5.26 Å². The summed E-state index contributed by atoms with van der Waals surface area (Å²) in [4.78, 5) is 17.3. The first-order valence-corrected chi connectivity index (χ1v) is 11.0. The van der Waals surface area contributed by atoms with E-state index < -0.39 is 0 Å². The zero-order valence-electron chi connectivity index (χ0n) is 17.5. The highest BCUT2D eigenvalue weighted by molar-refractivity contribution is 5.89. The van der Waals surface area contributed by atoms with Crippen molar-refractivity contribution in [3.8, 4) is 6.07 Å². The van der Waals surface area contributed by atoms with Crippen LogP contribution in [0, 0.1) is 11.3 Å². The summed E-state index contributed by atoms with van der Waals surface area (Å²) in [6, 6.07) is 12.3. The molecule has 2 aromatic rings. The molecule has 1 saturated carbocycles. The summed E-state index contributed by atoms with van der Waals surface area (Å²) in [5, 5.41) is 16.4. The minimum absolute atomic E-state index is 0.0646. The standard InChI is InChI=1S/C23H30N6O/c24-17-19-5-7-20(8-6-19)18-28-15-13-27(14-16-28)12-10-23(30)26-22-9-11-25-29(22)21-3-1-2-4-21/h5-9,11,21H,1-4,10,12-16,18H2,(H,26,30). The van der Waals surface area contributed by atoms with Crippen LogP contribution in [-0.2, 0) is 11.3 Å². The Balaban J connectivity index is 1.18. The predicted molar refractivity (Wildman–Crippen MR) is 116 cm³/mol. The number of carbonyl (C=O) groups excluding carboxylic acids is 1. The Bertz CT molecular complexity index is 870. The van der Waals surface area contributed by atoms with Crippen molar-refractivity contribution in [3.63, 3.8) is 0 Å². The van der Waals surface area contributed by atoms with E-state index in [0.29, 0.717) is 18.0 Å². The highest BCUT2D eigenvalue weighted by Gasteiger charge is 2.21. The van der Waals surface area contributed by atoms with Gasteiger partial charge >= 0.3 is 0 Å². The number of amides is 1. The van der Waals surface area contributed by atoms with Crippen LogP contribution < -0.4 is 5.32 Å². The van der Waals surface area contributed by atoms with E-state index in [-0.39, 0.29) is 5.91 Å². The lowest BCUT2D eigenvalue weighted by Crippen LogP contribution is -2.46. The molecule has 2 fully saturated rings. The monoisotopic (exact) mass is 406 g/mol. The summed E-state index contributed by atoms with van der Waals surface area (Å²) >= 11 is 0. The van der Waals surface area contributed by atoms with Gasteiger partial charge in [0.05, 0.1) is 23.9 Å². The first-order chi connectivity index (χ1) is 14.7. The van der Waals surface area contributed by atoms with Crippen molar-refractivity contribution >= 4 is 11.7 Å². The molecule has 0 unspecified atom stereocenters. The third kappa shape index (κ3) is 5.26. The molecule has 0 radical (unpaired) electrons. The SMILES string of the molecule is N#Cc1ccc(CN2CCN(CCC(=O)Nc3ccnn3C3CCCC3)CC2)cc1. The first kappa shape index (κ1) is 20.6. The van der Waals surface area contributed by atoms with Gasteiger partial charge in [-0.2, -0.15) is 10.4 Å². The van der Waals surface area contributed by atoms with Crippen LogP contribution in [0.25, 0.3) is 0 Å². The van der Waals surface area contributed by atoms with Gasteiger partial charge in [0.25, 0.3) is 0 Å². The molecule has 1 aromatic heterocycles. The average Bonchev–Trinajstić information content (AvgIpc) is 3.46. The maximum Gasteiger partial charge on any atom is 0.226 e. The fourth-order valence-corrected chi connectivity index (χ4v) is 4.43. The maximum atomic E-state index is 12.5. The molecule has 0 bridgehead atoms. The summed E-state index contributed by atoms with van der Waals surface area (Å²) < 4.78 is 1.99. The number of carbonyl (C=O) groups is 1. The molecule has 2 aliphatic rings. The van der Waals surface area contributed by atoms with Crippen molar-refractivity contribution in [1.82, 2.24) is 19.6 Å². The first-order valence-electron chi connectivity index (χ1n) is 11.0. The summed E-state index contributed by atoms with van der Waals surface area (Å²) in [7, 11) is 0. The van der Waals surface area contributed by atoms with Crippen LogP contribution in [0.3, 0.4) is 0 Å². The number of aromatic nitrogens is 2. The van der Waals surface area contributed by atoms with Crippen molar-refractivity contribution in [2.75, 3.05) is 38.0 Å². The largest absolute Gasteiger partial charge is 0.311 e. The number of hydrogen-bond donors (Lipinski definition) is 1. The van der Waals surface area contributed by atoms with Crippen molar-refractivity contribution < 1.29 is 4.79 Å². The fourth-order valence-electron chi connectivity index (χ4n) is 4.43. The van der Waals surface area contributed by atoms with E-state index in [0.717, 1.165) is 57.9 Å². The van der Waals surface area contributed by atoms with Crippen LogP contribution >= 0.6 is 0 Å². The third-order valence-corrected chi connectivity index (χ3v) is 6.22. The molecule has 1 aromatic carbocycles. The van der Waals surface area contributed by atoms with Gasteiger partial charge < -0.3 is 10.2 Å². The summed E-state index contributed by atoms with van der Waals surface area (Å²) in [6.07, 6.45) is 7.07. The molecule has 1 amide bonds. The lowest BCUT2D eigenvalue weighted by Gasteiger charge is -2.34. The Kier molecular flexibility index (Phi) is 6.77. The topological polar surface area (TPSA) is 77.2 Å². The summed E-state index contributed by atoms with van der Waals surface area (Å²) in [5.74, 6) is 0.897. The molecular formula is C23H30N6O. The second-order valence-electron chi connectivity index (χ2n) is 8.32. The van der Waals surface area contributed by atoms with E-state index in [9.17, 15) is 4.79 Å². The number of nitrogens with zero attached hydrogens (tertiary/aromatic N) is 5. The van der Waals surface area contributed by atoms with Gasteiger partial charge in [0.15, 0.2) is 0 Å². The van der Waals surface area contributed by atoms with Gasteiger partial charge in [-0.3, -0.25) is 9.69 Å². The average molecular weight is 407 g/mol. The van der Waals surface area contributed by atoms with Crippen LogP contribution in [0.5, 0.6) is 0 Å². The second kappa shape index (κ2) is 9.88. The highest BCUT2D eigenvalue weighted by Crippen LogP contribution is 2.31. The molecule has 4 rings (SSSR count). The predicted octanol–water partition coefficient (Wildman–Crippen LogP) is 3.02. The molecular weight excluding hydrogens is 376 g/mol. The summed E-state index contributed by atoms with van der Waals surface area (Å²) in [6.45, 7) is 5.64. The Morgan fingerprint density at radius 1 is 1.07 bits per heavy atom. The second-order valence-corrected chi connectivity index (χ2v) is 8.32. The Morgan fingerprint density at radius 2 is 1.77 bits per heavy atom. The number of benzene rings is 1. The number of nitrogens with one attached hydrogen (secondary N) is 1. The van der Waals surface area contributed by atoms with Gasteiger partial charge in [0.1, 0.15) is 5.82 Å². The highest BCUT2D eigenvalue weighted by atomic mass is 16.1. The van der Waals surface area contributed by atoms with Crippen molar-refractivity contribution in [2.24, 2.45) is 0 Å². The van der Waals surface area contributed by atoms with Gasteiger partial charge in [-0.1, -0.05) is 25.0 Å². The molecule has 2 heterocycles. The molecule has 1 aliphatic carbocycles. The maximum absolute atomic E-state index is 12.5. The zero-order valence-corrected chi connectivity index (χ0v) is 17.5. The van der Waals surface area contributed by atoms with Crippen LogP contribution in [0.4, 0.5) is 5.82 Å². The van der Waals surface area contributed by atoms with E-state index in [2.05, 4.69) is 26.3 Å². The van der Waals surface area contributed by atoms with E-state index >= 15 is 0 Å². The van der Waals surface area contributed by atoms with Crippen molar-refractivity contribution in [3.05, 3.63) is 47.7 Å². The molecule has 1 N–H and O–H groups in total. The quantitative estimate of drug-likeness (QED) is 0.765. The molecule has 7 nitrogen and oxygen atoms in total. The van der Waals surface area contributed by atoms with E-state index in [1.54, 1.807) is 6.20 Å². The van der Waals surface area contributed by atoms with E-state index in [4.69, 9.17) is 5.26 Å². The summed E-state index contributed by atoms with van der Waals surface area (Å²) in [5.41, 5.74) is 1.94. The normalized spacial score (nSPS) is 18.4. The number of anilines is 1. The van der Waals surface area contributed by atoms with Gasteiger partial charge in [0, 0.05) is 51.8 Å². The van der Waals surface area contributed by atoms with E-state index in [1.807, 2.05) is 35.0 Å². The van der Waals surface area contributed by atoms with Gasteiger partial charge in [-0.15, -0.1) is 0 Å². The molecule has 1 saturated heterocycles. The molecule has 7 heteroatoms. The number of rotatable bonds is 7. The van der Waals surface area contributed by atoms with Crippen LogP contribution in [-0.4, -0.2) is 58.2 Å². The molecule has 0 atom stereocenters. The molecule has 30 heavy (non-hydrogen) atoms. The molecule has 0 spiro atoms. The number of hydrogen-bond acceptors (Lipinski definition) is 5. The smallest absolute Gasteiger partial charge is 0.226 e. The van der Waals surface area contributed by atoms with Crippen molar-refractivity contribution in [2.45, 2.75) is 44.7 Å². The molecule has 1 aliphatic heterocycles. The van der Waals surface area contributed by atoms with Crippen LogP contribution in [0.1, 0.15) is 49.3 Å². The minimum Gasteiger partial charge on any atom is -0.311 e. The fraction of sp³-hybridized carbons (Fsp3) is 0.522. The zero-order chi connectivity index (χ0) is 20.8. The third-order valence-electron chi connectivity index (χ3n) is 6.22. The van der Waals surface area contributed by atoms with Crippen LogP contribution in [0.2, 0.25) is 0 Å². The number of nitriles is 1. The number of piperazine rings is 1. The van der Waals surface area contributed by atoms with Gasteiger partial charge in [-0.05, 0) is 30.5 Å². The lowest BCUT2D eigenvalue weighted by molar-refractivity contribution is -0.116. The Hall–Kier alpha value is -2.69. The van der Waals surface area contributed by atoms with E-state index in [1.165, 1.54) is 18.4 Å². The minimum atomic E-state index is 0.0646. The Morgan fingerprint density at radius 3 is 2.47 bits per heavy atom. The Labute approximate surface area is 178 Å².